The molecule has 7 heteroatoms. The molecule has 1 aliphatic heterocycles. The Balaban J connectivity index is 1.92. The van der Waals surface area contributed by atoms with Gasteiger partial charge in [-0.1, -0.05) is 0 Å². The van der Waals surface area contributed by atoms with Crippen LogP contribution >= 0.6 is 0 Å². The number of rotatable bonds is 5. The van der Waals surface area contributed by atoms with Crippen LogP contribution in [-0.2, 0) is 4.74 Å². The summed E-state index contributed by atoms with van der Waals surface area (Å²) in [6.07, 6.45) is 0. The molecule has 0 saturated carbocycles. The maximum atomic E-state index is 10.7. The van der Waals surface area contributed by atoms with Gasteiger partial charge in [-0.3, -0.25) is 15.0 Å². The van der Waals surface area contributed by atoms with E-state index in [9.17, 15) is 10.1 Å². The molecule has 0 aliphatic carbocycles. The molecule has 7 nitrogen and oxygen atoms in total. The highest BCUT2D eigenvalue weighted by atomic mass is 16.6. The van der Waals surface area contributed by atoms with Crippen LogP contribution in [0.2, 0.25) is 0 Å². The number of pyridine rings is 1. The number of anilines is 1. The second-order valence-electron chi connectivity index (χ2n) is 5.02. The summed E-state index contributed by atoms with van der Waals surface area (Å²) in [4.78, 5) is 16.9. The number of morpholine rings is 1. The van der Waals surface area contributed by atoms with E-state index >= 15 is 0 Å². The molecular formula is C13H20N4O3. The van der Waals surface area contributed by atoms with Crippen molar-refractivity contribution >= 4 is 11.5 Å². The second-order valence-corrected chi connectivity index (χ2v) is 5.02. The summed E-state index contributed by atoms with van der Waals surface area (Å²) >= 11 is 0. The van der Waals surface area contributed by atoms with Crippen molar-refractivity contribution in [3.05, 3.63) is 27.9 Å². The monoisotopic (exact) mass is 280 g/mol. The first-order valence-corrected chi connectivity index (χ1v) is 6.75. The third-order valence-corrected chi connectivity index (χ3v) is 3.28. The molecule has 0 spiro atoms. The Morgan fingerprint density at radius 2 is 2.20 bits per heavy atom. The predicted octanol–water partition coefficient (Wildman–Crippen LogP) is 1.43. The van der Waals surface area contributed by atoms with Gasteiger partial charge in [-0.15, -0.1) is 0 Å². The van der Waals surface area contributed by atoms with Gasteiger partial charge in [0.2, 0.25) is 0 Å². The molecule has 20 heavy (non-hydrogen) atoms. The van der Waals surface area contributed by atoms with Crippen molar-refractivity contribution in [1.82, 2.24) is 9.88 Å². The summed E-state index contributed by atoms with van der Waals surface area (Å²) in [5, 5.41) is 14.0. The van der Waals surface area contributed by atoms with E-state index in [-0.39, 0.29) is 11.7 Å². The topological polar surface area (TPSA) is 80.5 Å². The van der Waals surface area contributed by atoms with E-state index in [2.05, 4.69) is 22.1 Å². The standard InChI is InChI=1S/C13H20N4O3/c1-10(9-16-5-7-20-8-6-16)14-13-4-3-12(17(18)19)11(2)15-13/h3-4,10H,5-9H2,1-2H3,(H,14,15). The van der Waals surface area contributed by atoms with Crippen LogP contribution < -0.4 is 5.32 Å². The fourth-order valence-electron chi connectivity index (χ4n) is 2.30. The average molecular weight is 280 g/mol. The van der Waals surface area contributed by atoms with Crippen LogP contribution in [0.3, 0.4) is 0 Å². The lowest BCUT2D eigenvalue weighted by Crippen LogP contribution is -2.42. The van der Waals surface area contributed by atoms with Crippen LogP contribution in [0.4, 0.5) is 11.5 Å². The summed E-state index contributed by atoms with van der Waals surface area (Å²) in [5.41, 5.74) is 0.481. The van der Waals surface area contributed by atoms with Crippen molar-refractivity contribution in [2.24, 2.45) is 0 Å². The van der Waals surface area contributed by atoms with E-state index in [1.54, 1.807) is 13.0 Å². The minimum absolute atomic E-state index is 0.0522. The van der Waals surface area contributed by atoms with E-state index in [1.807, 2.05) is 0 Å². The smallest absolute Gasteiger partial charge is 0.290 e. The van der Waals surface area contributed by atoms with Crippen molar-refractivity contribution in [3.63, 3.8) is 0 Å². The van der Waals surface area contributed by atoms with Crippen molar-refractivity contribution in [2.75, 3.05) is 38.2 Å². The van der Waals surface area contributed by atoms with Crippen LogP contribution in [0.5, 0.6) is 0 Å². The number of aryl methyl sites for hydroxylation is 1. The van der Waals surface area contributed by atoms with Crippen molar-refractivity contribution in [2.45, 2.75) is 19.9 Å². The number of aromatic nitrogens is 1. The Labute approximate surface area is 118 Å². The fourth-order valence-corrected chi connectivity index (χ4v) is 2.30. The number of nitro groups is 1. The molecule has 1 fully saturated rings. The van der Waals surface area contributed by atoms with E-state index in [0.717, 1.165) is 32.8 Å². The minimum atomic E-state index is -0.413. The van der Waals surface area contributed by atoms with E-state index in [1.165, 1.54) is 6.07 Å². The summed E-state index contributed by atoms with van der Waals surface area (Å²) in [7, 11) is 0. The molecule has 0 bridgehead atoms. The summed E-state index contributed by atoms with van der Waals surface area (Å²) in [6, 6.07) is 3.37. The largest absolute Gasteiger partial charge is 0.379 e. The van der Waals surface area contributed by atoms with Crippen molar-refractivity contribution in [3.8, 4) is 0 Å². The number of nitrogens with zero attached hydrogens (tertiary/aromatic N) is 3. The molecular weight excluding hydrogens is 260 g/mol. The zero-order valence-corrected chi connectivity index (χ0v) is 11.8. The first-order valence-electron chi connectivity index (χ1n) is 6.75. The quantitative estimate of drug-likeness (QED) is 0.649. The first kappa shape index (κ1) is 14.7. The first-order chi connectivity index (χ1) is 9.56. The number of hydrogen-bond donors (Lipinski definition) is 1. The predicted molar refractivity (Wildman–Crippen MR) is 76.0 cm³/mol. The Bertz CT molecular complexity index is 475. The highest BCUT2D eigenvalue weighted by molar-refractivity contribution is 5.45. The van der Waals surface area contributed by atoms with Gasteiger partial charge in [-0.2, -0.15) is 0 Å². The molecule has 1 aromatic heterocycles. The van der Waals surface area contributed by atoms with Gasteiger partial charge in [0.25, 0.3) is 5.69 Å². The lowest BCUT2D eigenvalue weighted by molar-refractivity contribution is -0.385. The normalized spacial score (nSPS) is 17.7. The van der Waals surface area contributed by atoms with E-state index in [4.69, 9.17) is 4.74 Å². The van der Waals surface area contributed by atoms with Crippen molar-refractivity contribution < 1.29 is 9.66 Å². The number of nitrogens with one attached hydrogen (secondary N) is 1. The maximum absolute atomic E-state index is 10.7. The highest BCUT2D eigenvalue weighted by Crippen LogP contribution is 2.18. The van der Waals surface area contributed by atoms with Gasteiger partial charge in [-0.25, -0.2) is 4.98 Å². The Hall–Kier alpha value is -1.73. The number of hydrogen-bond acceptors (Lipinski definition) is 6. The minimum Gasteiger partial charge on any atom is -0.379 e. The SMILES string of the molecule is Cc1nc(NC(C)CN2CCOCC2)ccc1[N+](=O)[O-]. The summed E-state index contributed by atoms with van der Waals surface area (Å²) in [6.45, 7) is 8.08. The highest BCUT2D eigenvalue weighted by Gasteiger charge is 2.15. The van der Waals surface area contributed by atoms with Gasteiger partial charge in [0, 0.05) is 31.7 Å². The van der Waals surface area contributed by atoms with Gasteiger partial charge in [0.1, 0.15) is 11.5 Å². The van der Waals surface area contributed by atoms with E-state index in [0.29, 0.717) is 11.5 Å². The fraction of sp³-hybridized carbons (Fsp3) is 0.615. The molecule has 1 unspecified atom stereocenters. The molecule has 1 atom stereocenters. The zero-order valence-electron chi connectivity index (χ0n) is 11.8. The van der Waals surface area contributed by atoms with Gasteiger partial charge < -0.3 is 10.1 Å². The molecule has 1 N–H and O–H groups in total. The third-order valence-electron chi connectivity index (χ3n) is 3.28. The van der Waals surface area contributed by atoms with Crippen LogP contribution in [0.15, 0.2) is 12.1 Å². The molecule has 110 valence electrons. The van der Waals surface area contributed by atoms with Gasteiger partial charge in [-0.05, 0) is 19.9 Å². The zero-order chi connectivity index (χ0) is 14.5. The van der Waals surface area contributed by atoms with Gasteiger partial charge in [0.15, 0.2) is 0 Å². The summed E-state index contributed by atoms with van der Waals surface area (Å²) < 4.78 is 5.31. The Morgan fingerprint density at radius 1 is 1.50 bits per heavy atom. The van der Waals surface area contributed by atoms with Crippen molar-refractivity contribution in [1.29, 1.82) is 0 Å². The van der Waals surface area contributed by atoms with E-state index < -0.39 is 4.92 Å². The van der Waals surface area contributed by atoms with Crippen LogP contribution in [0.25, 0.3) is 0 Å². The molecule has 2 heterocycles. The number of ether oxygens (including phenoxy) is 1. The van der Waals surface area contributed by atoms with Crippen LogP contribution in [-0.4, -0.2) is 53.7 Å². The molecule has 1 aromatic rings. The maximum Gasteiger partial charge on any atom is 0.290 e. The lowest BCUT2D eigenvalue weighted by Gasteiger charge is -2.29. The molecule has 2 rings (SSSR count). The van der Waals surface area contributed by atoms with Gasteiger partial charge >= 0.3 is 0 Å². The summed E-state index contributed by atoms with van der Waals surface area (Å²) in [5.74, 6) is 0.675. The van der Waals surface area contributed by atoms with Crippen LogP contribution in [0.1, 0.15) is 12.6 Å². The average Bonchev–Trinajstić information content (AvgIpc) is 2.39. The molecule has 1 aliphatic rings. The lowest BCUT2D eigenvalue weighted by atomic mass is 10.2. The Morgan fingerprint density at radius 3 is 2.80 bits per heavy atom. The molecule has 0 aromatic carbocycles. The van der Waals surface area contributed by atoms with Crippen LogP contribution in [0, 0.1) is 17.0 Å². The molecule has 0 radical (unpaired) electrons. The molecule has 0 amide bonds. The second kappa shape index (κ2) is 6.62. The molecule has 1 saturated heterocycles. The third kappa shape index (κ3) is 3.88. The Kier molecular flexibility index (Phi) is 4.86. The van der Waals surface area contributed by atoms with Gasteiger partial charge in [0.05, 0.1) is 18.1 Å².